The molecule has 2 unspecified atom stereocenters. The summed E-state index contributed by atoms with van der Waals surface area (Å²) in [4.78, 5) is 22.7. The summed E-state index contributed by atoms with van der Waals surface area (Å²) in [5.74, 6) is -1.07. The molecule has 0 radical (unpaired) electrons. The summed E-state index contributed by atoms with van der Waals surface area (Å²) < 4.78 is 0. The molecule has 0 aliphatic heterocycles. The summed E-state index contributed by atoms with van der Waals surface area (Å²) in [6.07, 6.45) is 4.28. The number of nitrogens with one attached hydrogen (secondary N) is 1. The molecule has 0 bridgehead atoms. The average Bonchev–Trinajstić information content (AvgIpc) is 2.41. The molecule has 0 aromatic carbocycles. The predicted octanol–water partition coefficient (Wildman–Crippen LogP) is 1.69. The number of carbonyl (C=O) groups excluding carboxylic acids is 1. The lowest BCUT2D eigenvalue weighted by atomic mass is 9.85. The van der Waals surface area contributed by atoms with Gasteiger partial charge in [0.25, 0.3) is 0 Å². The number of aliphatic carboxylic acids is 1. The molecule has 2 atom stereocenters. The summed E-state index contributed by atoms with van der Waals surface area (Å²) in [7, 11) is 0. The van der Waals surface area contributed by atoms with Crippen LogP contribution >= 0.6 is 0 Å². The van der Waals surface area contributed by atoms with Gasteiger partial charge in [-0.25, -0.2) is 0 Å². The highest BCUT2D eigenvalue weighted by molar-refractivity contribution is 5.78. The van der Waals surface area contributed by atoms with Crippen LogP contribution in [0.5, 0.6) is 0 Å². The van der Waals surface area contributed by atoms with E-state index < -0.39 is 17.5 Å². The van der Waals surface area contributed by atoms with E-state index in [1.807, 2.05) is 0 Å². The van der Waals surface area contributed by atoms with E-state index in [0.717, 1.165) is 32.1 Å². The molecule has 3 N–H and O–H groups in total. The molecule has 0 heterocycles. The van der Waals surface area contributed by atoms with Gasteiger partial charge in [-0.05, 0) is 18.3 Å². The zero-order chi connectivity index (χ0) is 14.5. The van der Waals surface area contributed by atoms with E-state index in [2.05, 4.69) is 5.32 Å². The minimum atomic E-state index is -0.896. The van der Waals surface area contributed by atoms with Crippen molar-refractivity contribution in [2.24, 2.45) is 5.41 Å². The maximum Gasteiger partial charge on any atom is 0.303 e. The van der Waals surface area contributed by atoms with Gasteiger partial charge in [0.1, 0.15) is 0 Å². The Labute approximate surface area is 114 Å². The van der Waals surface area contributed by atoms with Crippen molar-refractivity contribution in [3.8, 4) is 0 Å². The first-order valence-corrected chi connectivity index (χ1v) is 6.99. The van der Waals surface area contributed by atoms with Crippen LogP contribution in [-0.2, 0) is 9.59 Å². The van der Waals surface area contributed by atoms with Crippen molar-refractivity contribution in [2.75, 3.05) is 0 Å². The molecule has 1 rings (SSSR count). The van der Waals surface area contributed by atoms with Crippen LogP contribution in [0.3, 0.4) is 0 Å². The van der Waals surface area contributed by atoms with Gasteiger partial charge >= 0.3 is 5.97 Å². The molecule has 1 amide bonds. The van der Waals surface area contributed by atoms with Crippen molar-refractivity contribution in [3.05, 3.63) is 0 Å². The third-order valence-corrected chi connectivity index (χ3v) is 3.59. The van der Waals surface area contributed by atoms with Crippen molar-refractivity contribution in [2.45, 2.75) is 70.9 Å². The normalized spacial score (nSPS) is 24.6. The molecule has 110 valence electrons. The molecule has 19 heavy (non-hydrogen) atoms. The smallest absolute Gasteiger partial charge is 0.303 e. The summed E-state index contributed by atoms with van der Waals surface area (Å²) in [5.41, 5.74) is -0.564. The van der Waals surface area contributed by atoms with Crippen molar-refractivity contribution >= 4 is 11.9 Å². The van der Waals surface area contributed by atoms with E-state index in [9.17, 15) is 14.7 Å². The third-order valence-electron chi connectivity index (χ3n) is 3.59. The van der Waals surface area contributed by atoms with E-state index in [0.29, 0.717) is 0 Å². The largest absolute Gasteiger partial charge is 0.481 e. The van der Waals surface area contributed by atoms with Gasteiger partial charge in [0.2, 0.25) is 5.91 Å². The average molecular weight is 271 g/mol. The van der Waals surface area contributed by atoms with Gasteiger partial charge in [-0.3, -0.25) is 9.59 Å². The number of hydrogen-bond acceptors (Lipinski definition) is 3. The number of rotatable bonds is 5. The van der Waals surface area contributed by atoms with Gasteiger partial charge in [-0.15, -0.1) is 0 Å². The van der Waals surface area contributed by atoms with Crippen LogP contribution in [0.2, 0.25) is 0 Å². The Hall–Kier alpha value is -1.10. The first-order valence-electron chi connectivity index (χ1n) is 6.99. The van der Waals surface area contributed by atoms with Gasteiger partial charge in [-0.2, -0.15) is 0 Å². The fraction of sp³-hybridized carbons (Fsp3) is 0.857. The maximum absolute atomic E-state index is 12.0. The molecule has 0 aromatic heterocycles. The van der Waals surface area contributed by atoms with Gasteiger partial charge in [0.15, 0.2) is 0 Å². The zero-order valence-corrected chi connectivity index (χ0v) is 11.8. The number of amides is 1. The molecule has 0 spiro atoms. The summed E-state index contributed by atoms with van der Waals surface area (Å²) in [6.45, 7) is 3.54. The fourth-order valence-electron chi connectivity index (χ4n) is 2.62. The minimum absolute atomic E-state index is 0.0341. The summed E-state index contributed by atoms with van der Waals surface area (Å²) in [6, 6.07) is -0.185. The molecule has 0 aromatic rings. The number of hydrogen-bond donors (Lipinski definition) is 3. The SMILES string of the molecule is CC(C)(CC(=O)O)CC(=O)NC1CCCCCC1O. The van der Waals surface area contributed by atoms with Crippen molar-refractivity contribution in [1.29, 1.82) is 0 Å². The molecule has 1 fully saturated rings. The molecule has 1 saturated carbocycles. The predicted molar refractivity (Wildman–Crippen MR) is 71.7 cm³/mol. The molecule has 1 aliphatic carbocycles. The first-order chi connectivity index (χ1) is 8.80. The summed E-state index contributed by atoms with van der Waals surface area (Å²) in [5, 5.41) is 21.6. The van der Waals surface area contributed by atoms with Crippen molar-refractivity contribution < 1.29 is 19.8 Å². The van der Waals surface area contributed by atoms with Crippen LogP contribution in [0.4, 0.5) is 0 Å². The molecule has 5 nitrogen and oxygen atoms in total. The lowest BCUT2D eigenvalue weighted by molar-refractivity contribution is -0.139. The Kier molecular flexibility index (Phi) is 5.79. The van der Waals surface area contributed by atoms with Crippen LogP contribution in [0.1, 0.15) is 58.8 Å². The molecule has 0 saturated heterocycles. The monoisotopic (exact) mass is 271 g/mol. The van der Waals surface area contributed by atoms with Crippen LogP contribution in [0, 0.1) is 5.41 Å². The second kappa shape index (κ2) is 6.89. The Balaban J connectivity index is 2.47. The second-order valence-electron chi connectivity index (χ2n) is 6.29. The fourth-order valence-corrected chi connectivity index (χ4v) is 2.62. The van der Waals surface area contributed by atoms with Crippen LogP contribution in [0.15, 0.2) is 0 Å². The van der Waals surface area contributed by atoms with Gasteiger partial charge in [0.05, 0.1) is 18.6 Å². The van der Waals surface area contributed by atoms with Gasteiger partial charge in [-0.1, -0.05) is 33.1 Å². The van der Waals surface area contributed by atoms with Crippen LogP contribution in [-0.4, -0.2) is 34.2 Å². The minimum Gasteiger partial charge on any atom is -0.481 e. The highest BCUT2D eigenvalue weighted by Crippen LogP contribution is 2.25. The molecule has 5 heteroatoms. The molecular weight excluding hydrogens is 246 g/mol. The Morgan fingerprint density at radius 3 is 2.42 bits per heavy atom. The number of carboxylic acid groups (broad SMARTS) is 1. The van der Waals surface area contributed by atoms with Gasteiger partial charge < -0.3 is 15.5 Å². The number of carbonyl (C=O) groups is 2. The van der Waals surface area contributed by atoms with E-state index >= 15 is 0 Å². The van der Waals surface area contributed by atoms with Gasteiger partial charge in [0, 0.05) is 6.42 Å². The third kappa shape index (κ3) is 6.05. The standard InChI is InChI=1S/C14H25NO4/c1-14(2,9-13(18)19)8-12(17)15-10-6-4-3-5-7-11(10)16/h10-11,16H,3-9H2,1-2H3,(H,15,17)(H,18,19). The number of aliphatic hydroxyl groups is 1. The van der Waals surface area contributed by atoms with E-state index in [1.54, 1.807) is 13.8 Å². The topological polar surface area (TPSA) is 86.6 Å². The Morgan fingerprint density at radius 1 is 1.16 bits per heavy atom. The lowest BCUT2D eigenvalue weighted by Gasteiger charge is -2.26. The molecule has 1 aliphatic rings. The Bertz CT molecular complexity index is 327. The van der Waals surface area contributed by atoms with Crippen molar-refractivity contribution in [3.63, 3.8) is 0 Å². The number of aliphatic hydroxyl groups excluding tert-OH is 1. The maximum atomic E-state index is 12.0. The van der Waals surface area contributed by atoms with E-state index in [1.165, 1.54) is 0 Å². The van der Waals surface area contributed by atoms with Crippen LogP contribution in [0.25, 0.3) is 0 Å². The van der Waals surface area contributed by atoms with Crippen molar-refractivity contribution in [1.82, 2.24) is 5.32 Å². The summed E-state index contributed by atoms with van der Waals surface area (Å²) >= 11 is 0. The second-order valence-corrected chi connectivity index (χ2v) is 6.29. The first kappa shape index (κ1) is 16.0. The van der Waals surface area contributed by atoms with E-state index in [4.69, 9.17) is 5.11 Å². The lowest BCUT2D eigenvalue weighted by Crippen LogP contribution is -2.44. The Morgan fingerprint density at radius 2 is 1.79 bits per heavy atom. The highest BCUT2D eigenvalue weighted by atomic mass is 16.4. The molecular formula is C14H25NO4. The number of carboxylic acids is 1. The highest BCUT2D eigenvalue weighted by Gasteiger charge is 2.28. The zero-order valence-electron chi connectivity index (χ0n) is 11.8. The van der Waals surface area contributed by atoms with Crippen LogP contribution < -0.4 is 5.32 Å². The quantitative estimate of drug-likeness (QED) is 0.664. The van der Waals surface area contributed by atoms with E-state index in [-0.39, 0.29) is 24.8 Å².